The van der Waals surface area contributed by atoms with Gasteiger partial charge in [-0.15, -0.1) is 6.42 Å². The summed E-state index contributed by atoms with van der Waals surface area (Å²) >= 11 is 0. The second-order valence-electron chi connectivity index (χ2n) is 7.88. The highest BCUT2D eigenvalue weighted by Gasteiger charge is 2.16. The Hall–Kier alpha value is -4.15. The standard InChI is InChI=1S/C26H24N4O3/c1-4-15-30(16-18-9-11-22(31)24-20(18)7-5-13-27-24)17-19-10-12-23(33-26(32)29(2)3)25-21(19)8-6-14-28-25/h1,5-14,31H,15-17H2,2-3H3. The van der Waals surface area contributed by atoms with E-state index in [0.717, 1.165) is 21.9 Å². The number of carbonyl (C=O) groups excluding carboxylic acids is 1. The van der Waals surface area contributed by atoms with E-state index in [2.05, 4.69) is 20.8 Å². The predicted octanol–water partition coefficient (Wildman–Crippen LogP) is 4.18. The molecule has 2 aromatic heterocycles. The van der Waals surface area contributed by atoms with Crippen LogP contribution >= 0.6 is 0 Å². The van der Waals surface area contributed by atoms with Crippen molar-refractivity contribution in [2.75, 3.05) is 20.6 Å². The lowest BCUT2D eigenvalue weighted by atomic mass is 10.0. The highest BCUT2D eigenvalue weighted by atomic mass is 16.6. The van der Waals surface area contributed by atoms with Crippen molar-refractivity contribution in [1.29, 1.82) is 0 Å². The Morgan fingerprint density at radius 3 is 2.21 bits per heavy atom. The summed E-state index contributed by atoms with van der Waals surface area (Å²) < 4.78 is 5.50. The van der Waals surface area contributed by atoms with Crippen LogP contribution in [0, 0.1) is 12.3 Å². The third-order valence-corrected chi connectivity index (χ3v) is 5.33. The van der Waals surface area contributed by atoms with Crippen LogP contribution in [0.25, 0.3) is 21.8 Å². The van der Waals surface area contributed by atoms with Gasteiger partial charge in [-0.2, -0.15) is 0 Å². The lowest BCUT2D eigenvalue weighted by Gasteiger charge is -2.22. The molecule has 33 heavy (non-hydrogen) atoms. The average molecular weight is 441 g/mol. The summed E-state index contributed by atoms with van der Waals surface area (Å²) in [6.07, 6.45) is 8.55. The van der Waals surface area contributed by atoms with Gasteiger partial charge in [0.15, 0.2) is 5.75 Å². The van der Waals surface area contributed by atoms with E-state index < -0.39 is 6.09 Å². The predicted molar refractivity (Wildman–Crippen MR) is 128 cm³/mol. The van der Waals surface area contributed by atoms with E-state index in [-0.39, 0.29) is 5.75 Å². The number of benzene rings is 2. The largest absolute Gasteiger partial charge is 0.506 e. The molecule has 7 heteroatoms. The summed E-state index contributed by atoms with van der Waals surface area (Å²) in [4.78, 5) is 24.3. The minimum absolute atomic E-state index is 0.151. The second kappa shape index (κ2) is 9.55. The Bertz CT molecular complexity index is 1360. The number of hydrogen-bond acceptors (Lipinski definition) is 6. The first-order valence-corrected chi connectivity index (χ1v) is 10.4. The van der Waals surface area contributed by atoms with Crippen molar-refractivity contribution in [1.82, 2.24) is 19.8 Å². The Morgan fingerprint density at radius 1 is 0.970 bits per heavy atom. The van der Waals surface area contributed by atoms with E-state index in [9.17, 15) is 9.90 Å². The molecule has 2 aromatic carbocycles. The van der Waals surface area contributed by atoms with Crippen LogP contribution in [0.4, 0.5) is 4.79 Å². The van der Waals surface area contributed by atoms with Gasteiger partial charge in [-0.05, 0) is 35.4 Å². The minimum Gasteiger partial charge on any atom is -0.506 e. The molecule has 0 fully saturated rings. The second-order valence-corrected chi connectivity index (χ2v) is 7.88. The number of hydrogen-bond donors (Lipinski definition) is 1. The van der Waals surface area contributed by atoms with E-state index in [1.165, 1.54) is 4.90 Å². The number of aromatic hydroxyl groups is 1. The maximum absolute atomic E-state index is 12.1. The molecule has 0 aliphatic heterocycles. The Morgan fingerprint density at radius 2 is 1.58 bits per heavy atom. The van der Waals surface area contributed by atoms with Crippen molar-refractivity contribution in [3.63, 3.8) is 0 Å². The van der Waals surface area contributed by atoms with E-state index in [1.807, 2.05) is 36.4 Å². The first-order chi connectivity index (χ1) is 16.0. The molecule has 4 aromatic rings. The summed E-state index contributed by atoms with van der Waals surface area (Å²) in [6.45, 7) is 1.57. The molecule has 1 amide bonds. The molecule has 7 nitrogen and oxygen atoms in total. The van der Waals surface area contributed by atoms with Gasteiger partial charge in [0, 0.05) is 50.4 Å². The molecule has 0 aliphatic carbocycles. The third-order valence-electron chi connectivity index (χ3n) is 5.33. The first kappa shape index (κ1) is 22.1. The zero-order chi connectivity index (χ0) is 23.4. The van der Waals surface area contributed by atoms with Crippen LogP contribution < -0.4 is 4.74 Å². The fourth-order valence-corrected chi connectivity index (χ4v) is 3.74. The zero-order valence-electron chi connectivity index (χ0n) is 18.5. The molecule has 0 saturated carbocycles. The Balaban J connectivity index is 1.67. The molecule has 0 aliphatic rings. The number of aromatic nitrogens is 2. The molecule has 0 bridgehead atoms. The van der Waals surface area contributed by atoms with Gasteiger partial charge in [0.25, 0.3) is 0 Å². The van der Waals surface area contributed by atoms with E-state index in [4.69, 9.17) is 11.2 Å². The Labute approximate surface area is 192 Å². The highest BCUT2D eigenvalue weighted by molar-refractivity contribution is 5.89. The van der Waals surface area contributed by atoms with Gasteiger partial charge >= 0.3 is 6.09 Å². The van der Waals surface area contributed by atoms with Crippen molar-refractivity contribution < 1.29 is 14.6 Å². The van der Waals surface area contributed by atoms with Crippen molar-refractivity contribution in [3.05, 3.63) is 72.1 Å². The molecule has 166 valence electrons. The summed E-state index contributed by atoms with van der Waals surface area (Å²) in [7, 11) is 3.26. The summed E-state index contributed by atoms with van der Waals surface area (Å²) in [5.41, 5.74) is 3.21. The molecule has 0 saturated heterocycles. The number of ether oxygens (including phenoxy) is 1. The normalized spacial score (nSPS) is 11.0. The minimum atomic E-state index is -0.462. The van der Waals surface area contributed by atoms with Crippen molar-refractivity contribution in [2.45, 2.75) is 13.1 Å². The Kier molecular flexibility index (Phi) is 6.38. The molecule has 0 radical (unpaired) electrons. The van der Waals surface area contributed by atoms with Gasteiger partial charge in [0.1, 0.15) is 16.8 Å². The number of rotatable bonds is 6. The van der Waals surface area contributed by atoms with Crippen LogP contribution in [-0.4, -0.2) is 51.6 Å². The number of phenolic OH excluding ortho intramolecular Hbond substituents is 1. The van der Waals surface area contributed by atoms with Crippen LogP contribution in [0.2, 0.25) is 0 Å². The smallest absolute Gasteiger partial charge is 0.414 e. The van der Waals surface area contributed by atoms with E-state index in [0.29, 0.717) is 36.4 Å². The van der Waals surface area contributed by atoms with Gasteiger partial charge in [-0.25, -0.2) is 4.79 Å². The van der Waals surface area contributed by atoms with Gasteiger partial charge in [0.05, 0.1) is 6.54 Å². The molecular weight excluding hydrogens is 416 g/mol. The number of carbonyl (C=O) groups is 1. The lowest BCUT2D eigenvalue weighted by molar-refractivity contribution is 0.172. The zero-order valence-corrected chi connectivity index (χ0v) is 18.5. The summed E-state index contributed by atoms with van der Waals surface area (Å²) in [6, 6.07) is 14.9. The summed E-state index contributed by atoms with van der Waals surface area (Å²) in [5.74, 6) is 3.30. The van der Waals surface area contributed by atoms with Gasteiger partial charge < -0.3 is 14.7 Å². The lowest BCUT2D eigenvalue weighted by Crippen LogP contribution is -2.25. The first-order valence-electron chi connectivity index (χ1n) is 10.4. The fourth-order valence-electron chi connectivity index (χ4n) is 3.74. The van der Waals surface area contributed by atoms with Gasteiger partial charge in [0.2, 0.25) is 0 Å². The molecular formula is C26H24N4O3. The average Bonchev–Trinajstić information content (AvgIpc) is 2.82. The monoisotopic (exact) mass is 440 g/mol. The number of fused-ring (bicyclic) bond motifs is 2. The van der Waals surface area contributed by atoms with E-state index in [1.54, 1.807) is 38.6 Å². The van der Waals surface area contributed by atoms with Crippen LogP contribution in [0.5, 0.6) is 11.5 Å². The SMILES string of the molecule is C#CCN(Cc1ccc(O)c2ncccc12)Cc1ccc(OC(=O)N(C)C)c2ncccc12. The molecule has 0 atom stereocenters. The quantitative estimate of drug-likeness (QED) is 0.453. The van der Waals surface area contributed by atoms with Crippen LogP contribution in [0.3, 0.4) is 0 Å². The topological polar surface area (TPSA) is 78.8 Å². The van der Waals surface area contributed by atoms with Crippen molar-refractivity contribution in [3.8, 4) is 23.8 Å². The number of phenols is 1. The number of amides is 1. The molecule has 1 N–H and O–H groups in total. The molecule has 0 spiro atoms. The van der Waals surface area contributed by atoms with Crippen molar-refractivity contribution in [2.24, 2.45) is 0 Å². The van der Waals surface area contributed by atoms with Crippen LogP contribution in [0.1, 0.15) is 11.1 Å². The molecule has 2 heterocycles. The third kappa shape index (κ3) is 4.71. The highest BCUT2D eigenvalue weighted by Crippen LogP contribution is 2.30. The van der Waals surface area contributed by atoms with Crippen molar-refractivity contribution >= 4 is 27.9 Å². The number of terminal acetylenes is 1. The molecule has 0 unspecified atom stereocenters. The van der Waals surface area contributed by atoms with Gasteiger partial charge in [-0.3, -0.25) is 14.9 Å². The maximum atomic E-state index is 12.1. The van der Waals surface area contributed by atoms with Gasteiger partial charge in [-0.1, -0.05) is 30.2 Å². The van der Waals surface area contributed by atoms with Crippen LogP contribution in [0.15, 0.2) is 60.9 Å². The van der Waals surface area contributed by atoms with Crippen LogP contribution in [-0.2, 0) is 13.1 Å². The number of nitrogens with zero attached hydrogens (tertiary/aromatic N) is 4. The molecule has 4 rings (SSSR count). The maximum Gasteiger partial charge on any atom is 0.414 e. The number of pyridine rings is 2. The van der Waals surface area contributed by atoms with E-state index >= 15 is 0 Å². The fraction of sp³-hybridized carbons (Fsp3) is 0.192. The summed E-state index contributed by atoms with van der Waals surface area (Å²) in [5, 5.41) is 11.9.